The summed E-state index contributed by atoms with van der Waals surface area (Å²) < 4.78 is 7.87. The fraction of sp³-hybridized carbons (Fsp3) is 0.780. The van der Waals surface area contributed by atoms with Crippen LogP contribution in [-0.4, -0.2) is 36.1 Å². The van der Waals surface area contributed by atoms with Crippen LogP contribution >= 0.6 is 0 Å². The Morgan fingerprint density at radius 3 is 1.55 bits per heavy atom. The molecule has 0 aliphatic heterocycles. The van der Waals surface area contributed by atoms with Gasteiger partial charge in [0.2, 0.25) is 5.78 Å². The van der Waals surface area contributed by atoms with Crippen LogP contribution in [0.3, 0.4) is 0 Å². The van der Waals surface area contributed by atoms with E-state index < -0.39 is 17.8 Å². The molecule has 0 aromatic carbocycles. The topological polar surface area (TPSA) is 79.5 Å². The third kappa shape index (κ3) is 28.5. The van der Waals surface area contributed by atoms with Crippen LogP contribution in [0, 0.1) is 0 Å². The molecule has 0 aliphatic carbocycles. The molecule has 1 aromatic rings. The Morgan fingerprint density at radius 1 is 0.638 bits per heavy atom. The maximum absolute atomic E-state index is 12.1. The number of nitrogens with zero attached hydrogens (tertiary/aromatic N) is 1. The highest BCUT2D eigenvalue weighted by Crippen LogP contribution is 2.15. The molecule has 1 atom stereocenters. The van der Waals surface area contributed by atoms with Gasteiger partial charge in [-0.25, -0.2) is 4.57 Å². The van der Waals surface area contributed by atoms with Crippen molar-refractivity contribution in [3.05, 3.63) is 42.9 Å². The van der Waals surface area contributed by atoms with Gasteiger partial charge in [-0.15, -0.1) is 0 Å². The van der Waals surface area contributed by atoms with Crippen LogP contribution in [-0.2, 0) is 20.9 Å². The van der Waals surface area contributed by atoms with Gasteiger partial charge in [0, 0.05) is 37.9 Å². The van der Waals surface area contributed by atoms with Crippen LogP contribution in [0.15, 0.2) is 42.9 Å². The molecule has 6 heteroatoms. The average Bonchev–Trinajstić information content (AvgIpc) is 3.08. The molecular weight excluding hydrogens is 584 g/mol. The number of carbonyl (C=O) groups excluding carboxylic acids is 2. The largest absolute Gasteiger partial charge is 0.496 e. The van der Waals surface area contributed by atoms with Crippen molar-refractivity contribution in [2.75, 3.05) is 13.2 Å². The van der Waals surface area contributed by atoms with Crippen LogP contribution in [0.4, 0.5) is 0 Å². The lowest BCUT2D eigenvalue weighted by Crippen LogP contribution is -2.38. The number of hydrogen-bond acceptors (Lipinski definition) is 4. The summed E-state index contributed by atoms with van der Waals surface area (Å²) in [6, 6.07) is 6.26. The molecule has 0 saturated heterocycles. The van der Waals surface area contributed by atoms with Gasteiger partial charge in [0.25, 0.3) is 5.91 Å². The van der Waals surface area contributed by atoms with Crippen molar-refractivity contribution in [2.45, 2.75) is 193 Å². The normalized spacial score (nSPS) is 11.8. The number of Topliss-reactive ketones (excluding diaryl/α,β-unsaturated/α-hetero) is 1. The number of rotatable bonds is 35. The number of aryl methyl sites for hydroxylation is 1. The number of aliphatic hydroxyl groups excluding tert-OH is 1. The van der Waals surface area contributed by atoms with Gasteiger partial charge in [0.1, 0.15) is 19.3 Å². The summed E-state index contributed by atoms with van der Waals surface area (Å²) in [5.41, 5.74) is 0. The highest BCUT2D eigenvalue weighted by molar-refractivity contribution is 6.36. The predicted octanol–water partition coefficient (Wildman–Crippen LogP) is 10.1. The summed E-state index contributed by atoms with van der Waals surface area (Å²) >= 11 is 0. The van der Waals surface area contributed by atoms with E-state index >= 15 is 0 Å². The molecule has 0 spiro atoms. The van der Waals surface area contributed by atoms with Crippen LogP contribution in [0.5, 0.6) is 0 Å². The van der Waals surface area contributed by atoms with E-state index in [9.17, 15) is 14.7 Å². The number of amides is 1. The van der Waals surface area contributed by atoms with E-state index in [0.29, 0.717) is 5.76 Å². The summed E-state index contributed by atoms with van der Waals surface area (Å²) in [7, 11) is 0. The van der Waals surface area contributed by atoms with E-state index in [4.69, 9.17) is 4.74 Å². The molecule has 47 heavy (non-hydrogen) atoms. The zero-order valence-electron chi connectivity index (χ0n) is 30.5. The van der Waals surface area contributed by atoms with E-state index in [1.54, 1.807) is 0 Å². The van der Waals surface area contributed by atoms with Gasteiger partial charge in [-0.2, -0.15) is 0 Å². The number of aliphatic hydroxyl groups is 1. The van der Waals surface area contributed by atoms with Crippen LogP contribution in [0.1, 0.15) is 180 Å². The Bertz CT molecular complexity index is 875. The highest BCUT2D eigenvalue weighted by Gasteiger charge is 2.15. The van der Waals surface area contributed by atoms with E-state index in [-0.39, 0.29) is 19.6 Å². The minimum Gasteiger partial charge on any atom is -0.496 e. The molecule has 1 aromatic heterocycles. The molecule has 0 saturated carbocycles. The Labute approximate surface area is 289 Å². The fourth-order valence-corrected chi connectivity index (χ4v) is 6.04. The van der Waals surface area contributed by atoms with Gasteiger partial charge in [0.15, 0.2) is 12.4 Å². The first-order valence-electron chi connectivity index (χ1n) is 19.8. The first-order valence-corrected chi connectivity index (χ1v) is 19.8. The van der Waals surface area contributed by atoms with E-state index in [1.165, 1.54) is 135 Å². The zero-order chi connectivity index (χ0) is 34.0. The molecule has 1 rings (SSSR count). The van der Waals surface area contributed by atoms with Crippen LogP contribution in [0.2, 0.25) is 0 Å². The first kappa shape index (κ1) is 42.8. The van der Waals surface area contributed by atoms with Crippen molar-refractivity contribution < 1.29 is 24.0 Å². The zero-order valence-corrected chi connectivity index (χ0v) is 30.5. The molecule has 0 fully saturated rings. The number of unbranched alkanes of at least 4 members (excludes halogenated alkanes) is 23. The number of pyridine rings is 1. The first-order chi connectivity index (χ1) is 23.0. The molecular formula is C41H73N2O4+. The van der Waals surface area contributed by atoms with Crippen molar-refractivity contribution in [2.24, 2.45) is 0 Å². The summed E-state index contributed by atoms with van der Waals surface area (Å²) in [5.74, 6) is -0.317. The summed E-state index contributed by atoms with van der Waals surface area (Å²) in [6.45, 7) is 7.46. The molecule has 0 radical (unpaired) electrons. The number of allylic oxidation sites excluding steroid dienone is 1. The Kier molecular flexibility index (Phi) is 29.5. The van der Waals surface area contributed by atoms with Crippen molar-refractivity contribution in [3.63, 3.8) is 0 Å². The van der Waals surface area contributed by atoms with Gasteiger partial charge in [0.05, 0.1) is 5.76 Å². The van der Waals surface area contributed by atoms with E-state index in [0.717, 1.165) is 38.6 Å². The molecule has 1 amide bonds. The number of hydrogen-bond donors (Lipinski definition) is 2. The van der Waals surface area contributed by atoms with Crippen molar-refractivity contribution in [3.8, 4) is 0 Å². The lowest BCUT2D eigenvalue weighted by Gasteiger charge is -2.14. The maximum atomic E-state index is 12.1. The average molecular weight is 658 g/mol. The molecule has 0 bridgehead atoms. The Morgan fingerprint density at radius 2 is 1.06 bits per heavy atom. The summed E-state index contributed by atoms with van der Waals surface area (Å²) in [4.78, 5) is 24.2. The maximum Gasteiger partial charge on any atom is 0.287 e. The lowest BCUT2D eigenvalue weighted by atomic mass is 10.0. The molecule has 0 aliphatic rings. The van der Waals surface area contributed by atoms with Gasteiger partial charge in [-0.05, 0) is 19.3 Å². The van der Waals surface area contributed by atoms with Gasteiger partial charge in [-0.1, -0.05) is 154 Å². The number of aromatic nitrogens is 1. The van der Waals surface area contributed by atoms with E-state index in [2.05, 4.69) is 54.0 Å². The predicted molar refractivity (Wildman–Crippen MR) is 196 cm³/mol. The SMILES string of the molecule is C=C(CCCCCCCCCCCCCCC[n+]1ccccc1)OCC(O)CNC(=O)C(=O)CCCCCCCCCCCCCC. The quantitative estimate of drug-likeness (QED) is 0.0330. The summed E-state index contributed by atoms with van der Waals surface area (Å²) in [5, 5.41) is 12.7. The second-order valence-corrected chi connectivity index (χ2v) is 13.7. The smallest absolute Gasteiger partial charge is 0.287 e. The van der Waals surface area contributed by atoms with Crippen molar-refractivity contribution in [1.82, 2.24) is 5.32 Å². The second kappa shape index (κ2) is 32.3. The number of carbonyl (C=O) groups is 2. The standard InChI is InChI=1S/C41H72N2O4/c1-3-4-5-6-7-8-9-14-17-20-23-27-32-40(45)41(46)42-36-39(44)37-47-38(2)31-26-22-19-16-13-11-10-12-15-18-21-24-28-33-43-34-29-25-30-35-43/h25,29-30,34-35,39,44H,2-24,26-28,31-33,36-37H2,1H3/p+1. The number of ether oxygens (including phenoxy) is 1. The highest BCUT2D eigenvalue weighted by atomic mass is 16.5. The molecule has 6 nitrogen and oxygen atoms in total. The Balaban J connectivity index is 1.83. The molecule has 1 unspecified atom stereocenters. The van der Waals surface area contributed by atoms with Crippen LogP contribution in [0.25, 0.3) is 0 Å². The molecule has 1 heterocycles. The van der Waals surface area contributed by atoms with Crippen LogP contribution < -0.4 is 9.88 Å². The third-order valence-corrected chi connectivity index (χ3v) is 9.14. The monoisotopic (exact) mass is 658 g/mol. The van der Waals surface area contributed by atoms with Crippen molar-refractivity contribution in [1.29, 1.82) is 0 Å². The second-order valence-electron chi connectivity index (χ2n) is 13.7. The lowest BCUT2D eigenvalue weighted by molar-refractivity contribution is -0.697. The minimum absolute atomic E-state index is 0.0181. The third-order valence-electron chi connectivity index (χ3n) is 9.14. The Hall–Kier alpha value is -2.21. The van der Waals surface area contributed by atoms with Gasteiger partial charge in [-0.3, -0.25) is 9.59 Å². The number of ketones is 1. The van der Waals surface area contributed by atoms with Gasteiger partial charge >= 0.3 is 0 Å². The van der Waals surface area contributed by atoms with Gasteiger partial charge < -0.3 is 15.2 Å². The number of nitrogens with one attached hydrogen (secondary N) is 1. The summed E-state index contributed by atoms with van der Waals surface area (Å²) in [6.07, 6.45) is 36.2. The van der Waals surface area contributed by atoms with E-state index in [1.807, 2.05) is 0 Å². The fourth-order valence-electron chi connectivity index (χ4n) is 6.04. The van der Waals surface area contributed by atoms with Crippen molar-refractivity contribution >= 4 is 11.7 Å². The molecule has 270 valence electrons. The minimum atomic E-state index is -0.853. The molecule has 2 N–H and O–H groups in total.